The predicted octanol–water partition coefficient (Wildman–Crippen LogP) is 1.30. The molecule has 1 aromatic carbocycles. The number of hydrogen-bond donors (Lipinski definition) is 0. The summed E-state index contributed by atoms with van der Waals surface area (Å²) in [6.45, 7) is 2.54. The van der Waals surface area contributed by atoms with Crippen LogP contribution in [-0.4, -0.2) is 51.8 Å². The quantitative estimate of drug-likeness (QED) is 0.701. The number of morpholine rings is 1. The number of benzene rings is 1. The van der Waals surface area contributed by atoms with E-state index in [2.05, 4.69) is 10.1 Å². The number of aryl methyl sites for hydroxylation is 1. The zero-order valence-electron chi connectivity index (χ0n) is 14.1. The summed E-state index contributed by atoms with van der Waals surface area (Å²) in [6.07, 6.45) is 1.67. The van der Waals surface area contributed by atoms with Crippen molar-refractivity contribution in [1.29, 1.82) is 0 Å². The lowest BCUT2D eigenvalue weighted by Gasteiger charge is -2.26. The van der Waals surface area contributed by atoms with Crippen molar-refractivity contribution in [3.05, 3.63) is 47.0 Å². The van der Waals surface area contributed by atoms with Gasteiger partial charge in [0.1, 0.15) is 11.2 Å². The lowest BCUT2D eigenvalue weighted by Crippen LogP contribution is -2.41. The lowest BCUT2D eigenvalue weighted by atomic mass is 10.1. The molecule has 0 saturated carbocycles. The zero-order valence-corrected chi connectivity index (χ0v) is 14.1. The number of amides is 1. The first-order chi connectivity index (χ1) is 12.7. The molecule has 0 spiro atoms. The van der Waals surface area contributed by atoms with Crippen molar-refractivity contribution in [2.24, 2.45) is 0 Å². The van der Waals surface area contributed by atoms with Gasteiger partial charge in [0.2, 0.25) is 5.91 Å². The molecule has 0 aliphatic carbocycles. The average molecular weight is 354 g/mol. The molecule has 2 aromatic heterocycles. The van der Waals surface area contributed by atoms with E-state index in [1.165, 1.54) is 10.9 Å². The van der Waals surface area contributed by atoms with Crippen LogP contribution in [0.3, 0.4) is 0 Å². The summed E-state index contributed by atoms with van der Waals surface area (Å²) in [5, 5.41) is 4.00. The van der Waals surface area contributed by atoms with Crippen molar-refractivity contribution in [2.75, 3.05) is 26.3 Å². The van der Waals surface area contributed by atoms with Gasteiger partial charge in [-0.05, 0) is 0 Å². The number of rotatable bonds is 4. The van der Waals surface area contributed by atoms with Crippen molar-refractivity contribution in [2.45, 2.75) is 13.0 Å². The normalized spacial score (nSPS) is 14.7. The molecule has 0 unspecified atom stereocenters. The fourth-order valence-corrected chi connectivity index (χ4v) is 2.99. The maximum atomic E-state index is 12.6. The van der Waals surface area contributed by atoms with Crippen LogP contribution in [0.5, 0.6) is 0 Å². The second-order valence-electron chi connectivity index (χ2n) is 6.06. The molecule has 4 rings (SSSR count). The molecule has 1 amide bonds. The van der Waals surface area contributed by atoms with Crippen LogP contribution in [0.2, 0.25) is 0 Å². The van der Waals surface area contributed by atoms with Crippen molar-refractivity contribution in [3.8, 4) is 11.3 Å². The van der Waals surface area contributed by atoms with Crippen molar-refractivity contribution in [1.82, 2.24) is 19.6 Å². The summed E-state index contributed by atoms with van der Waals surface area (Å²) < 4.78 is 11.9. The van der Waals surface area contributed by atoms with E-state index in [1.54, 1.807) is 4.90 Å². The first kappa shape index (κ1) is 16.5. The van der Waals surface area contributed by atoms with Gasteiger partial charge in [-0.1, -0.05) is 35.5 Å². The van der Waals surface area contributed by atoms with E-state index in [-0.39, 0.29) is 30.0 Å². The van der Waals surface area contributed by atoms with Crippen LogP contribution in [0, 0.1) is 0 Å². The minimum Gasteiger partial charge on any atom is -0.378 e. The molecular formula is C18H18N4O4. The van der Waals surface area contributed by atoms with Crippen molar-refractivity contribution >= 4 is 17.0 Å². The molecule has 26 heavy (non-hydrogen) atoms. The topological polar surface area (TPSA) is 90.5 Å². The largest absolute Gasteiger partial charge is 0.378 e. The lowest BCUT2D eigenvalue weighted by molar-refractivity contribution is -0.135. The summed E-state index contributed by atoms with van der Waals surface area (Å²) >= 11 is 0. The second-order valence-corrected chi connectivity index (χ2v) is 6.06. The Morgan fingerprint density at radius 1 is 1.15 bits per heavy atom. The summed E-state index contributed by atoms with van der Waals surface area (Å²) in [5.74, 6) is 0.00263. The zero-order chi connectivity index (χ0) is 17.9. The van der Waals surface area contributed by atoms with E-state index in [0.29, 0.717) is 37.5 Å². The van der Waals surface area contributed by atoms with E-state index < -0.39 is 0 Å². The van der Waals surface area contributed by atoms with Gasteiger partial charge in [-0.15, -0.1) is 0 Å². The van der Waals surface area contributed by atoms with Crippen LogP contribution in [-0.2, 0) is 16.1 Å². The second kappa shape index (κ2) is 7.09. The Hall–Kier alpha value is -3.00. The summed E-state index contributed by atoms with van der Waals surface area (Å²) in [7, 11) is 0. The number of ether oxygens (including phenoxy) is 1. The van der Waals surface area contributed by atoms with Crippen LogP contribution in [0.25, 0.3) is 22.4 Å². The molecule has 1 saturated heterocycles. The highest BCUT2D eigenvalue weighted by atomic mass is 16.5. The number of carbonyl (C=O) groups excluding carboxylic acids is 1. The van der Waals surface area contributed by atoms with Gasteiger partial charge >= 0.3 is 0 Å². The number of fused-ring (bicyclic) bond motifs is 1. The van der Waals surface area contributed by atoms with Crippen LogP contribution in [0.15, 0.2) is 46.0 Å². The van der Waals surface area contributed by atoms with Crippen molar-refractivity contribution in [3.63, 3.8) is 0 Å². The first-order valence-corrected chi connectivity index (χ1v) is 8.50. The fourth-order valence-electron chi connectivity index (χ4n) is 2.99. The third-order valence-corrected chi connectivity index (χ3v) is 4.43. The monoisotopic (exact) mass is 354 g/mol. The third-order valence-electron chi connectivity index (χ3n) is 4.43. The highest BCUT2D eigenvalue weighted by molar-refractivity contribution is 5.87. The molecule has 3 aromatic rings. The smallest absolute Gasteiger partial charge is 0.299 e. The average Bonchev–Trinajstić information content (AvgIpc) is 3.13. The standard InChI is InChI=1S/C18H18N4O4/c23-14(21-8-10-25-11-9-21)6-7-22-12-19-16-15(13-4-2-1-3-5-13)20-26-17(16)18(22)24/h1-5,12H,6-11H2. The summed E-state index contributed by atoms with van der Waals surface area (Å²) in [4.78, 5) is 30.9. The Bertz CT molecular complexity index is 974. The summed E-state index contributed by atoms with van der Waals surface area (Å²) in [5.41, 5.74) is 1.56. The van der Waals surface area contributed by atoms with E-state index in [9.17, 15) is 9.59 Å². The van der Waals surface area contributed by atoms with Gasteiger partial charge in [0, 0.05) is 31.6 Å². The summed E-state index contributed by atoms with van der Waals surface area (Å²) in [6, 6.07) is 9.43. The number of aromatic nitrogens is 3. The van der Waals surface area contributed by atoms with Crippen LogP contribution < -0.4 is 5.56 Å². The van der Waals surface area contributed by atoms with Gasteiger partial charge in [0.25, 0.3) is 11.1 Å². The van der Waals surface area contributed by atoms with Crippen LogP contribution in [0.1, 0.15) is 6.42 Å². The van der Waals surface area contributed by atoms with E-state index >= 15 is 0 Å². The van der Waals surface area contributed by atoms with Gasteiger partial charge < -0.3 is 14.2 Å². The Balaban J connectivity index is 1.55. The Morgan fingerprint density at radius 2 is 1.92 bits per heavy atom. The molecule has 3 heterocycles. The van der Waals surface area contributed by atoms with E-state index in [4.69, 9.17) is 9.26 Å². The highest BCUT2D eigenvalue weighted by Crippen LogP contribution is 2.23. The predicted molar refractivity (Wildman–Crippen MR) is 93.5 cm³/mol. The molecule has 0 radical (unpaired) electrons. The van der Waals surface area contributed by atoms with Gasteiger partial charge in [-0.3, -0.25) is 14.2 Å². The third kappa shape index (κ3) is 3.11. The Labute approximate surface area is 149 Å². The first-order valence-electron chi connectivity index (χ1n) is 8.50. The van der Waals surface area contributed by atoms with Gasteiger partial charge in [-0.25, -0.2) is 4.98 Å². The molecule has 134 valence electrons. The van der Waals surface area contributed by atoms with E-state index in [1.807, 2.05) is 30.3 Å². The SMILES string of the molecule is O=C(CCn1cnc2c(-c3ccccc3)noc2c1=O)N1CCOCC1. The Kier molecular flexibility index (Phi) is 4.49. The highest BCUT2D eigenvalue weighted by Gasteiger charge is 2.19. The molecule has 0 atom stereocenters. The molecule has 0 bridgehead atoms. The maximum Gasteiger partial charge on any atom is 0.299 e. The minimum absolute atomic E-state index is 0.00263. The Morgan fingerprint density at radius 3 is 2.69 bits per heavy atom. The minimum atomic E-state index is -0.334. The molecular weight excluding hydrogens is 336 g/mol. The maximum absolute atomic E-state index is 12.6. The van der Waals surface area contributed by atoms with Gasteiger partial charge in [-0.2, -0.15) is 0 Å². The molecule has 1 aliphatic heterocycles. The molecule has 8 nitrogen and oxygen atoms in total. The van der Waals surface area contributed by atoms with Crippen LogP contribution >= 0.6 is 0 Å². The number of hydrogen-bond acceptors (Lipinski definition) is 6. The number of nitrogens with zero attached hydrogens (tertiary/aromatic N) is 4. The van der Waals surface area contributed by atoms with Crippen molar-refractivity contribution < 1.29 is 14.1 Å². The van der Waals surface area contributed by atoms with E-state index in [0.717, 1.165) is 5.56 Å². The molecule has 8 heteroatoms. The molecule has 0 N–H and O–H groups in total. The van der Waals surface area contributed by atoms with Gasteiger partial charge in [0.15, 0.2) is 0 Å². The molecule has 1 fully saturated rings. The fraction of sp³-hybridized carbons (Fsp3) is 0.333. The molecule has 1 aliphatic rings. The van der Waals surface area contributed by atoms with Gasteiger partial charge in [0.05, 0.1) is 19.5 Å². The van der Waals surface area contributed by atoms with Crippen LogP contribution in [0.4, 0.5) is 0 Å². The number of carbonyl (C=O) groups is 1.